The van der Waals surface area contributed by atoms with Gasteiger partial charge in [0.2, 0.25) is 0 Å². The molecular formula is C30H42N4O. The first-order valence-corrected chi connectivity index (χ1v) is 13.5. The number of hydrazone groups is 2. The molecule has 5 heteroatoms. The lowest BCUT2D eigenvalue weighted by molar-refractivity contribution is 0.146. The van der Waals surface area contributed by atoms with Gasteiger partial charge in [-0.2, -0.15) is 10.2 Å². The van der Waals surface area contributed by atoms with Crippen LogP contribution in [0.5, 0.6) is 0 Å². The molecule has 2 aromatic carbocycles. The average molecular weight is 475 g/mol. The van der Waals surface area contributed by atoms with Crippen LogP contribution in [-0.2, 0) is 4.74 Å². The standard InChI is InChI=1S/C30H42N4O/c1-25-13-15-27(21-25)23-31-33(29-9-5-3-6-10-29)17-19-35-20-18-34(30-11-7-4-8-12-30)32-24-28-16-14-26(2)22-28/h3-12,23-28H,13-22H2,1-2H3. The predicted octanol–water partition coefficient (Wildman–Crippen LogP) is 6.86. The van der Waals surface area contributed by atoms with E-state index in [1.54, 1.807) is 0 Å². The van der Waals surface area contributed by atoms with Crippen LogP contribution in [-0.4, -0.2) is 38.7 Å². The van der Waals surface area contributed by atoms with Gasteiger partial charge in [0.05, 0.1) is 37.7 Å². The van der Waals surface area contributed by atoms with Crippen LogP contribution >= 0.6 is 0 Å². The molecule has 4 atom stereocenters. The fourth-order valence-electron chi connectivity index (χ4n) is 5.23. The number of nitrogens with zero attached hydrogens (tertiary/aromatic N) is 4. The summed E-state index contributed by atoms with van der Waals surface area (Å²) in [4.78, 5) is 0. The van der Waals surface area contributed by atoms with Crippen molar-refractivity contribution in [2.45, 2.75) is 52.4 Å². The van der Waals surface area contributed by atoms with Crippen LogP contribution in [0.15, 0.2) is 70.9 Å². The van der Waals surface area contributed by atoms with Crippen molar-refractivity contribution in [3.63, 3.8) is 0 Å². The molecule has 2 aliphatic carbocycles. The van der Waals surface area contributed by atoms with E-state index in [-0.39, 0.29) is 0 Å². The van der Waals surface area contributed by atoms with Gasteiger partial charge in [-0.3, -0.25) is 10.0 Å². The number of hydrogen-bond donors (Lipinski definition) is 0. The van der Waals surface area contributed by atoms with Gasteiger partial charge in [-0.15, -0.1) is 0 Å². The van der Waals surface area contributed by atoms with E-state index >= 15 is 0 Å². The van der Waals surface area contributed by atoms with Crippen LogP contribution in [0, 0.1) is 23.7 Å². The van der Waals surface area contributed by atoms with E-state index in [2.05, 4.69) is 84.8 Å². The third kappa shape index (κ3) is 8.21. The van der Waals surface area contributed by atoms with Crippen LogP contribution in [0.4, 0.5) is 11.4 Å². The molecule has 0 amide bonds. The maximum atomic E-state index is 6.08. The van der Waals surface area contributed by atoms with E-state index in [4.69, 9.17) is 14.9 Å². The van der Waals surface area contributed by atoms with Gasteiger partial charge in [0.25, 0.3) is 0 Å². The predicted molar refractivity (Wildman–Crippen MR) is 148 cm³/mol. The molecule has 4 unspecified atom stereocenters. The van der Waals surface area contributed by atoms with Crippen molar-refractivity contribution >= 4 is 23.8 Å². The molecule has 0 radical (unpaired) electrons. The molecule has 0 spiro atoms. The monoisotopic (exact) mass is 474 g/mol. The number of hydrogen-bond acceptors (Lipinski definition) is 5. The molecule has 4 rings (SSSR count). The summed E-state index contributed by atoms with van der Waals surface area (Å²) in [6.45, 7) is 7.40. The van der Waals surface area contributed by atoms with Gasteiger partial charge < -0.3 is 4.74 Å². The summed E-state index contributed by atoms with van der Waals surface area (Å²) in [5.41, 5.74) is 2.22. The third-order valence-corrected chi connectivity index (χ3v) is 7.31. The van der Waals surface area contributed by atoms with E-state index in [1.807, 2.05) is 12.1 Å². The fourth-order valence-corrected chi connectivity index (χ4v) is 5.23. The normalized spacial score (nSPS) is 24.5. The zero-order chi connectivity index (χ0) is 24.3. The Kier molecular flexibility index (Phi) is 9.76. The number of benzene rings is 2. The zero-order valence-electron chi connectivity index (χ0n) is 21.5. The Morgan fingerprint density at radius 1 is 0.686 bits per heavy atom. The number of ether oxygens (including phenoxy) is 1. The van der Waals surface area contributed by atoms with Crippen LogP contribution in [0.1, 0.15) is 52.4 Å². The Morgan fingerprint density at radius 2 is 1.11 bits per heavy atom. The Balaban J connectivity index is 1.29. The lowest BCUT2D eigenvalue weighted by Gasteiger charge is -2.22. The summed E-state index contributed by atoms with van der Waals surface area (Å²) in [5, 5.41) is 13.9. The average Bonchev–Trinajstić information content (AvgIpc) is 3.51. The molecule has 188 valence electrons. The molecule has 0 saturated heterocycles. The first-order valence-electron chi connectivity index (χ1n) is 13.5. The Labute approximate surface area is 211 Å². The van der Waals surface area contributed by atoms with Gasteiger partial charge in [-0.1, -0.05) is 63.1 Å². The highest BCUT2D eigenvalue weighted by atomic mass is 16.5. The van der Waals surface area contributed by atoms with E-state index in [9.17, 15) is 0 Å². The molecule has 0 N–H and O–H groups in total. The smallest absolute Gasteiger partial charge is 0.0663 e. The Bertz CT molecular complexity index is 841. The van der Waals surface area contributed by atoms with Crippen LogP contribution < -0.4 is 10.0 Å². The second kappa shape index (κ2) is 13.4. The van der Waals surface area contributed by atoms with Crippen LogP contribution in [0.2, 0.25) is 0 Å². The van der Waals surface area contributed by atoms with Crippen molar-refractivity contribution in [1.82, 2.24) is 0 Å². The molecule has 0 bridgehead atoms. The molecule has 0 aromatic heterocycles. The molecule has 0 heterocycles. The highest BCUT2D eigenvalue weighted by Gasteiger charge is 2.21. The van der Waals surface area contributed by atoms with Crippen molar-refractivity contribution in [2.24, 2.45) is 33.9 Å². The van der Waals surface area contributed by atoms with Gasteiger partial charge >= 0.3 is 0 Å². The molecular weight excluding hydrogens is 432 g/mol. The first-order chi connectivity index (χ1) is 17.2. The number of rotatable bonds is 12. The highest BCUT2D eigenvalue weighted by Crippen LogP contribution is 2.30. The minimum Gasteiger partial charge on any atom is -0.378 e. The second-order valence-corrected chi connectivity index (χ2v) is 10.4. The SMILES string of the molecule is CC1CCC(C=NN(CCOCCN(N=CC2CCC(C)C2)c2ccccc2)c2ccccc2)C1. The molecule has 2 fully saturated rings. The van der Waals surface area contributed by atoms with E-state index in [0.717, 1.165) is 36.3 Å². The van der Waals surface area contributed by atoms with Gasteiger partial charge in [0.1, 0.15) is 0 Å². The van der Waals surface area contributed by atoms with Crippen LogP contribution in [0.25, 0.3) is 0 Å². The molecule has 35 heavy (non-hydrogen) atoms. The van der Waals surface area contributed by atoms with Gasteiger partial charge in [-0.25, -0.2) is 0 Å². The van der Waals surface area contributed by atoms with Crippen molar-refractivity contribution in [3.05, 3.63) is 60.7 Å². The summed E-state index contributed by atoms with van der Waals surface area (Å²) in [6.07, 6.45) is 11.9. The quantitative estimate of drug-likeness (QED) is 0.192. The summed E-state index contributed by atoms with van der Waals surface area (Å²) in [7, 11) is 0. The van der Waals surface area contributed by atoms with E-state index < -0.39 is 0 Å². The molecule has 5 nitrogen and oxygen atoms in total. The van der Waals surface area contributed by atoms with Crippen molar-refractivity contribution in [1.29, 1.82) is 0 Å². The van der Waals surface area contributed by atoms with Gasteiger partial charge in [0.15, 0.2) is 0 Å². The Hall–Kier alpha value is -2.66. The molecule has 2 aromatic rings. The van der Waals surface area contributed by atoms with Gasteiger partial charge in [0, 0.05) is 12.4 Å². The topological polar surface area (TPSA) is 40.4 Å². The fraction of sp³-hybridized carbons (Fsp3) is 0.533. The summed E-state index contributed by atoms with van der Waals surface area (Å²) >= 11 is 0. The maximum absolute atomic E-state index is 6.08. The maximum Gasteiger partial charge on any atom is 0.0663 e. The molecule has 0 aliphatic heterocycles. The number of para-hydroxylation sites is 2. The highest BCUT2D eigenvalue weighted by molar-refractivity contribution is 5.64. The summed E-state index contributed by atoms with van der Waals surface area (Å²) < 4.78 is 6.08. The summed E-state index contributed by atoms with van der Waals surface area (Å²) in [5.74, 6) is 2.81. The Morgan fingerprint density at radius 3 is 1.49 bits per heavy atom. The van der Waals surface area contributed by atoms with E-state index in [0.29, 0.717) is 25.0 Å². The molecule has 2 aliphatic rings. The number of anilines is 2. The zero-order valence-corrected chi connectivity index (χ0v) is 21.5. The van der Waals surface area contributed by atoms with Crippen molar-refractivity contribution < 1.29 is 4.74 Å². The van der Waals surface area contributed by atoms with Crippen LogP contribution in [0.3, 0.4) is 0 Å². The largest absolute Gasteiger partial charge is 0.378 e. The van der Waals surface area contributed by atoms with Crippen molar-refractivity contribution in [3.8, 4) is 0 Å². The second-order valence-electron chi connectivity index (χ2n) is 10.4. The lowest BCUT2D eigenvalue weighted by Crippen LogP contribution is -2.26. The third-order valence-electron chi connectivity index (χ3n) is 7.31. The van der Waals surface area contributed by atoms with Crippen molar-refractivity contribution in [2.75, 3.05) is 36.3 Å². The summed E-state index contributed by atoms with van der Waals surface area (Å²) in [6, 6.07) is 20.8. The van der Waals surface area contributed by atoms with Gasteiger partial charge in [-0.05, 0) is 73.6 Å². The minimum atomic E-state index is 0.595. The minimum absolute atomic E-state index is 0.595. The first kappa shape index (κ1) is 25.4. The lowest BCUT2D eigenvalue weighted by atomic mass is 10.1. The molecule has 2 saturated carbocycles. The van der Waals surface area contributed by atoms with E-state index in [1.165, 1.54) is 38.5 Å².